The zero-order valence-electron chi connectivity index (χ0n) is 19.3. The average Bonchev–Trinajstić information content (AvgIpc) is 2.83. The van der Waals surface area contributed by atoms with Crippen LogP contribution in [0.15, 0.2) is 72.8 Å². The smallest absolute Gasteiger partial charge is 0.416 e. The van der Waals surface area contributed by atoms with Crippen LogP contribution in [0.5, 0.6) is 11.5 Å². The maximum atomic E-state index is 12.7. The minimum Gasteiger partial charge on any atom is -0.508 e. The monoisotopic (exact) mass is 470 g/mol. The summed E-state index contributed by atoms with van der Waals surface area (Å²) in [5, 5.41) is 9.50. The lowest BCUT2D eigenvalue weighted by Crippen LogP contribution is -2.53. The van der Waals surface area contributed by atoms with Crippen LogP contribution < -0.4 is 9.64 Å². The van der Waals surface area contributed by atoms with Crippen molar-refractivity contribution in [3.05, 3.63) is 89.5 Å². The van der Waals surface area contributed by atoms with E-state index in [-0.39, 0.29) is 17.9 Å². The largest absolute Gasteiger partial charge is 0.508 e. The third-order valence-electron chi connectivity index (χ3n) is 6.53. The molecule has 0 atom stereocenters. The van der Waals surface area contributed by atoms with Crippen molar-refractivity contribution >= 4 is 5.69 Å². The average molecular weight is 471 g/mol. The second-order valence-corrected chi connectivity index (χ2v) is 9.06. The molecule has 4 nitrogen and oxygen atoms in total. The highest BCUT2D eigenvalue weighted by Crippen LogP contribution is 2.32. The van der Waals surface area contributed by atoms with Gasteiger partial charge in [0.15, 0.2) is 0 Å². The molecule has 0 aliphatic carbocycles. The van der Waals surface area contributed by atoms with Gasteiger partial charge in [-0.2, -0.15) is 13.2 Å². The summed E-state index contributed by atoms with van der Waals surface area (Å²) in [7, 11) is 0. The lowest BCUT2D eigenvalue weighted by molar-refractivity contribution is -0.137. The summed E-state index contributed by atoms with van der Waals surface area (Å²) >= 11 is 0. The van der Waals surface area contributed by atoms with E-state index >= 15 is 0 Å². The number of anilines is 1. The van der Waals surface area contributed by atoms with Crippen molar-refractivity contribution < 1.29 is 23.0 Å². The summed E-state index contributed by atoms with van der Waals surface area (Å²) in [6.07, 6.45) is -4.33. The van der Waals surface area contributed by atoms with E-state index in [1.54, 1.807) is 12.1 Å². The maximum Gasteiger partial charge on any atom is 0.416 e. The first-order valence-corrected chi connectivity index (χ1v) is 11.3. The standard InChI is InChI=1S/C27H29F3N2O2/c1-26(2,32-17-15-31(16-18-32)23-9-11-24(33)12-10-23)21-7-13-25(14-8-21)34-19-20-3-5-22(6-4-20)27(28,29)30/h3-14,33H,15-19H2,1-2H3. The molecule has 1 heterocycles. The van der Waals surface area contributed by atoms with Crippen molar-refractivity contribution in [2.75, 3.05) is 31.1 Å². The van der Waals surface area contributed by atoms with Gasteiger partial charge in [-0.25, -0.2) is 0 Å². The molecule has 1 saturated heterocycles. The van der Waals surface area contributed by atoms with Crippen molar-refractivity contribution in [3.63, 3.8) is 0 Å². The fourth-order valence-corrected chi connectivity index (χ4v) is 4.29. The quantitative estimate of drug-likeness (QED) is 0.476. The van der Waals surface area contributed by atoms with Gasteiger partial charge in [0.2, 0.25) is 0 Å². The highest BCUT2D eigenvalue weighted by Gasteiger charge is 2.32. The number of phenols is 1. The van der Waals surface area contributed by atoms with Crippen LogP contribution in [0.3, 0.4) is 0 Å². The zero-order chi connectivity index (χ0) is 24.3. The number of halogens is 3. The van der Waals surface area contributed by atoms with Crippen LogP contribution in [-0.4, -0.2) is 36.2 Å². The Hall–Kier alpha value is -3.19. The van der Waals surface area contributed by atoms with Gasteiger partial charge in [-0.15, -0.1) is 0 Å². The molecule has 0 radical (unpaired) electrons. The Morgan fingerprint density at radius 3 is 1.88 bits per heavy atom. The highest BCUT2D eigenvalue weighted by atomic mass is 19.4. The van der Waals surface area contributed by atoms with Crippen molar-refractivity contribution in [2.24, 2.45) is 0 Å². The predicted molar refractivity (Wildman–Crippen MR) is 127 cm³/mol. The molecule has 0 bridgehead atoms. The van der Waals surface area contributed by atoms with Crippen LogP contribution in [-0.2, 0) is 18.3 Å². The minimum absolute atomic E-state index is 0.160. The van der Waals surface area contributed by atoms with Crippen LogP contribution in [0.2, 0.25) is 0 Å². The van der Waals surface area contributed by atoms with Crippen LogP contribution >= 0.6 is 0 Å². The van der Waals surface area contributed by atoms with E-state index in [9.17, 15) is 18.3 Å². The number of alkyl halides is 3. The molecular weight excluding hydrogens is 441 g/mol. The molecule has 4 rings (SSSR count). The van der Waals surface area contributed by atoms with E-state index in [0.29, 0.717) is 11.3 Å². The molecule has 1 aliphatic rings. The van der Waals surface area contributed by atoms with Crippen LogP contribution in [0, 0.1) is 0 Å². The van der Waals surface area contributed by atoms with E-state index in [1.165, 1.54) is 17.7 Å². The third kappa shape index (κ3) is 5.47. The Kier molecular flexibility index (Phi) is 6.75. The summed E-state index contributed by atoms with van der Waals surface area (Å²) in [6.45, 7) is 8.27. The van der Waals surface area contributed by atoms with Gasteiger partial charge in [-0.1, -0.05) is 24.3 Å². The summed E-state index contributed by atoms with van der Waals surface area (Å²) in [4.78, 5) is 4.78. The molecule has 1 aliphatic heterocycles. The number of aromatic hydroxyl groups is 1. The Morgan fingerprint density at radius 2 is 1.32 bits per heavy atom. The second-order valence-electron chi connectivity index (χ2n) is 9.06. The first-order chi connectivity index (χ1) is 16.1. The fraction of sp³-hybridized carbons (Fsp3) is 0.333. The second kappa shape index (κ2) is 9.58. The molecule has 34 heavy (non-hydrogen) atoms. The maximum absolute atomic E-state index is 12.7. The number of hydrogen-bond donors (Lipinski definition) is 1. The summed E-state index contributed by atoms with van der Waals surface area (Å²) < 4.78 is 43.9. The van der Waals surface area contributed by atoms with Gasteiger partial charge < -0.3 is 14.7 Å². The van der Waals surface area contributed by atoms with E-state index in [4.69, 9.17) is 4.74 Å². The van der Waals surface area contributed by atoms with Crippen molar-refractivity contribution in [2.45, 2.75) is 32.2 Å². The summed E-state index contributed by atoms with van der Waals surface area (Å²) in [5.74, 6) is 0.951. The van der Waals surface area contributed by atoms with Gasteiger partial charge in [0.25, 0.3) is 0 Å². The van der Waals surface area contributed by atoms with Crippen molar-refractivity contribution in [1.82, 2.24) is 4.90 Å². The Labute approximate surface area is 198 Å². The number of nitrogens with zero attached hydrogens (tertiary/aromatic N) is 2. The molecule has 7 heteroatoms. The Morgan fingerprint density at radius 1 is 0.765 bits per heavy atom. The lowest BCUT2D eigenvalue weighted by Gasteiger charge is -2.45. The van der Waals surface area contributed by atoms with Gasteiger partial charge in [-0.05, 0) is 73.5 Å². The number of benzene rings is 3. The molecule has 3 aromatic carbocycles. The van der Waals surface area contributed by atoms with Gasteiger partial charge in [0.1, 0.15) is 18.1 Å². The highest BCUT2D eigenvalue weighted by molar-refractivity contribution is 5.49. The minimum atomic E-state index is -4.33. The van der Waals surface area contributed by atoms with Gasteiger partial charge in [-0.3, -0.25) is 4.90 Å². The van der Waals surface area contributed by atoms with Gasteiger partial charge in [0.05, 0.1) is 5.56 Å². The Bertz CT molecular complexity index is 1070. The normalized spacial score (nSPS) is 15.4. The SMILES string of the molecule is CC(C)(c1ccc(OCc2ccc(C(F)(F)F)cc2)cc1)N1CCN(c2ccc(O)cc2)CC1. The third-order valence-corrected chi connectivity index (χ3v) is 6.53. The molecular formula is C27H29F3N2O2. The topological polar surface area (TPSA) is 35.9 Å². The van der Waals surface area contributed by atoms with E-state index in [1.807, 2.05) is 24.3 Å². The van der Waals surface area contributed by atoms with Crippen molar-refractivity contribution in [1.29, 1.82) is 0 Å². The first kappa shape index (κ1) is 24.0. The Balaban J connectivity index is 1.33. The number of piperazine rings is 1. The van der Waals surface area contributed by atoms with E-state index < -0.39 is 11.7 Å². The van der Waals surface area contributed by atoms with Crippen LogP contribution in [0.4, 0.5) is 18.9 Å². The molecule has 1 N–H and O–H groups in total. The van der Waals surface area contributed by atoms with Gasteiger partial charge in [0, 0.05) is 37.4 Å². The molecule has 180 valence electrons. The van der Waals surface area contributed by atoms with Crippen molar-refractivity contribution in [3.8, 4) is 11.5 Å². The molecule has 3 aromatic rings. The number of phenolic OH excluding ortho intramolecular Hbond substituents is 1. The molecule has 0 amide bonds. The predicted octanol–water partition coefficient (Wildman–Crippen LogP) is 6.05. The molecule has 0 unspecified atom stereocenters. The summed E-state index contributed by atoms with van der Waals surface area (Å²) in [5.41, 5.74) is 2.15. The van der Waals surface area contributed by atoms with E-state index in [2.05, 4.69) is 35.8 Å². The number of ether oxygens (including phenoxy) is 1. The molecule has 0 spiro atoms. The summed E-state index contributed by atoms with van der Waals surface area (Å²) in [6, 6.07) is 20.3. The number of hydrogen-bond acceptors (Lipinski definition) is 4. The van der Waals surface area contributed by atoms with Gasteiger partial charge >= 0.3 is 6.18 Å². The van der Waals surface area contributed by atoms with E-state index in [0.717, 1.165) is 44.0 Å². The van der Waals surface area contributed by atoms with Crippen LogP contribution in [0.25, 0.3) is 0 Å². The first-order valence-electron chi connectivity index (χ1n) is 11.3. The lowest BCUT2D eigenvalue weighted by atomic mass is 9.91. The molecule has 0 saturated carbocycles. The molecule has 1 fully saturated rings. The number of rotatable bonds is 6. The fourth-order valence-electron chi connectivity index (χ4n) is 4.29. The zero-order valence-corrected chi connectivity index (χ0v) is 19.3. The van der Waals surface area contributed by atoms with Crippen LogP contribution in [0.1, 0.15) is 30.5 Å². The molecule has 0 aromatic heterocycles.